The number of hydrogen-bond donors (Lipinski definition) is 0. The SMILES string of the molecule is COc1ccc(CN2COc3c(cc4c(c3C)O/C(=C\c3ccco3)C4=O)C2)cc1. The highest BCUT2D eigenvalue weighted by atomic mass is 16.5. The van der Waals surface area contributed by atoms with E-state index in [1.54, 1.807) is 31.6 Å². The maximum absolute atomic E-state index is 12.9. The lowest BCUT2D eigenvalue weighted by Gasteiger charge is -2.30. The molecule has 2 aliphatic heterocycles. The number of carbonyl (C=O) groups excluding carboxylic acids is 1. The van der Waals surface area contributed by atoms with Crippen molar-refractivity contribution in [3.63, 3.8) is 0 Å². The molecule has 3 aromatic rings. The molecule has 152 valence electrons. The second-order valence-electron chi connectivity index (χ2n) is 7.43. The quantitative estimate of drug-likeness (QED) is 0.595. The topological polar surface area (TPSA) is 61.1 Å². The van der Waals surface area contributed by atoms with Crippen LogP contribution in [-0.2, 0) is 13.1 Å². The van der Waals surface area contributed by atoms with Crippen LogP contribution in [0.5, 0.6) is 17.2 Å². The van der Waals surface area contributed by atoms with E-state index in [1.807, 2.05) is 37.3 Å². The molecule has 0 saturated carbocycles. The van der Waals surface area contributed by atoms with Gasteiger partial charge in [0.15, 0.2) is 5.76 Å². The third-order valence-electron chi connectivity index (χ3n) is 5.38. The van der Waals surface area contributed by atoms with Crippen LogP contribution < -0.4 is 14.2 Å². The van der Waals surface area contributed by atoms with Gasteiger partial charge in [-0.2, -0.15) is 0 Å². The molecule has 0 amide bonds. The van der Waals surface area contributed by atoms with E-state index >= 15 is 0 Å². The van der Waals surface area contributed by atoms with Crippen LogP contribution in [0.3, 0.4) is 0 Å². The summed E-state index contributed by atoms with van der Waals surface area (Å²) in [6.45, 7) is 3.84. The van der Waals surface area contributed by atoms with E-state index in [9.17, 15) is 4.79 Å². The minimum atomic E-state index is -0.139. The number of ether oxygens (including phenoxy) is 3. The monoisotopic (exact) mass is 403 g/mol. The van der Waals surface area contributed by atoms with E-state index in [-0.39, 0.29) is 11.5 Å². The van der Waals surface area contributed by atoms with Gasteiger partial charge in [0.25, 0.3) is 0 Å². The fraction of sp³-hybridized carbons (Fsp3) is 0.208. The van der Waals surface area contributed by atoms with Crippen LogP contribution in [0.2, 0.25) is 0 Å². The first-order chi connectivity index (χ1) is 14.6. The molecule has 0 atom stereocenters. The highest BCUT2D eigenvalue weighted by Crippen LogP contribution is 2.43. The molecular weight excluding hydrogens is 382 g/mol. The summed E-state index contributed by atoms with van der Waals surface area (Å²) in [6, 6.07) is 13.4. The minimum Gasteiger partial charge on any atom is -0.497 e. The van der Waals surface area contributed by atoms with E-state index in [2.05, 4.69) is 4.90 Å². The molecule has 0 N–H and O–H groups in total. The van der Waals surface area contributed by atoms with Crippen LogP contribution in [0, 0.1) is 6.92 Å². The second kappa shape index (κ2) is 7.39. The summed E-state index contributed by atoms with van der Waals surface area (Å²) in [6.07, 6.45) is 3.19. The summed E-state index contributed by atoms with van der Waals surface area (Å²) >= 11 is 0. The minimum absolute atomic E-state index is 0.139. The van der Waals surface area contributed by atoms with Gasteiger partial charge in [0.05, 0.1) is 18.9 Å². The Hall–Kier alpha value is -3.51. The van der Waals surface area contributed by atoms with E-state index in [0.29, 0.717) is 30.3 Å². The van der Waals surface area contributed by atoms with Crippen molar-refractivity contribution in [1.82, 2.24) is 4.90 Å². The maximum Gasteiger partial charge on any atom is 0.232 e. The normalized spacial score (nSPS) is 16.7. The van der Waals surface area contributed by atoms with Crippen molar-refractivity contribution in [1.29, 1.82) is 0 Å². The molecule has 0 aliphatic carbocycles. The van der Waals surface area contributed by atoms with Crippen LogP contribution in [0.1, 0.15) is 32.8 Å². The van der Waals surface area contributed by atoms with Gasteiger partial charge < -0.3 is 18.6 Å². The molecule has 0 bridgehead atoms. The molecular formula is C24H21NO5. The Labute approximate surface area is 174 Å². The Kier molecular flexibility index (Phi) is 4.56. The summed E-state index contributed by atoms with van der Waals surface area (Å²) < 4.78 is 22.5. The number of carbonyl (C=O) groups is 1. The van der Waals surface area contributed by atoms with Crippen molar-refractivity contribution in [2.75, 3.05) is 13.8 Å². The summed E-state index contributed by atoms with van der Waals surface area (Å²) in [5, 5.41) is 0. The van der Waals surface area contributed by atoms with E-state index in [4.69, 9.17) is 18.6 Å². The number of methoxy groups -OCH3 is 1. The number of hydrogen-bond acceptors (Lipinski definition) is 6. The first kappa shape index (κ1) is 18.5. The highest BCUT2D eigenvalue weighted by Gasteiger charge is 2.33. The standard InChI is InChI=1S/C24H21NO5/c1-15-23-17(13-25(14-29-23)12-16-5-7-18(27-2)8-6-16)10-20-22(26)21(30-24(15)20)11-19-4-3-9-28-19/h3-11H,12-14H2,1-2H3/b21-11-. The van der Waals surface area contributed by atoms with Crippen molar-refractivity contribution in [2.24, 2.45) is 0 Å². The van der Waals surface area contributed by atoms with Crippen molar-refractivity contribution >= 4 is 11.9 Å². The Morgan fingerprint density at radius 3 is 2.73 bits per heavy atom. The Bertz CT molecular complexity index is 1130. The number of allylic oxidation sites excluding steroid dienone is 1. The lowest BCUT2D eigenvalue weighted by atomic mass is 10.00. The zero-order valence-electron chi connectivity index (χ0n) is 16.8. The number of benzene rings is 2. The van der Waals surface area contributed by atoms with Gasteiger partial charge in [-0.3, -0.25) is 9.69 Å². The van der Waals surface area contributed by atoms with Crippen molar-refractivity contribution in [3.8, 4) is 17.2 Å². The fourth-order valence-corrected chi connectivity index (χ4v) is 3.89. The molecule has 1 aromatic heterocycles. The zero-order valence-corrected chi connectivity index (χ0v) is 16.8. The lowest BCUT2D eigenvalue weighted by molar-refractivity contribution is 0.0876. The van der Waals surface area contributed by atoms with Gasteiger partial charge in [-0.25, -0.2) is 0 Å². The molecule has 6 nitrogen and oxygen atoms in total. The molecule has 0 spiro atoms. The smallest absolute Gasteiger partial charge is 0.232 e. The van der Waals surface area contributed by atoms with Crippen molar-refractivity contribution in [2.45, 2.75) is 20.0 Å². The summed E-state index contributed by atoms with van der Waals surface area (Å²) in [5.74, 6) is 2.91. The van der Waals surface area contributed by atoms with Crippen molar-refractivity contribution in [3.05, 3.63) is 82.5 Å². The molecule has 0 unspecified atom stereocenters. The average molecular weight is 403 g/mol. The number of fused-ring (bicyclic) bond motifs is 2. The van der Waals surface area contributed by atoms with Crippen LogP contribution in [0.25, 0.3) is 6.08 Å². The second-order valence-corrected chi connectivity index (χ2v) is 7.43. The highest BCUT2D eigenvalue weighted by molar-refractivity contribution is 6.15. The third-order valence-corrected chi connectivity index (χ3v) is 5.38. The first-order valence-corrected chi connectivity index (χ1v) is 9.74. The maximum atomic E-state index is 12.9. The number of Topliss-reactive ketones (excluding diaryl/α,β-unsaturated/α-hetero) is 1. The fourth-order valence-electron chi connectivity index (χ4n) is 3.89. The van der Waals surface area contributed by atoms with Gasteiger partial charge in [0.2, 0.25) is 5.78 Å². The van der Waals surface area contributed by atoms with Gasteiger partial charge in [0, 0.05) is 30.3 Å². The predicted molar refractivity (Wildman–Crippen MR) is 111 cm³/mol. The molecule has 30 heavy (non-hydrogen) atoms. The van der Waals surface area contributed by atoms with Crippen LogP contribution in [-0.4, -0.2) is 24.5 Å². The molecule has 2 aliphatic rings. The number of rotatable bonds is 4. The Balaban J connectivity index is 1.39. The average Bonchev–Trinajstić information content (AvgIpc) is 3.38. The van der Waals surface area contributed by atoms with Gasteiger partial charge in [-0.15, -0.1) is 0 Å². The van der Waals surface area contributed by atoms with E-state index < -0.39 is 0 Å². The van der Waals surface area contributed by atoms with Gasteiger partial charge in [-0.1, -0.05) is 12.1 Å². The van der Waals surface area contributed by atoms with Crippen molar-refractivity contribution < 1.29 is 23.4 Å². The summed E-state index contributed by atoms with van der Waals surface area (Å²) in [4.78, 5) is 15.1. The molecule has 3 heterocycles. The zero-order chi connectivity index (χ0) is 20.7. The molecule has 2 aromatic carbocycles. The number of furan rings is 1. The molecule has 5 rings (SSSR count). The van der Waals surface area contributed by atoms with E-state index in [1.165, 1.54) is 5.56 Å². The number of nitrogens with zero attached hydrogens (tertiary/aromatic N) is 1. The third kappa shape index (κ3) is 3.25. The van der Waals surface area contributed by atoms with Gasteiger partial charge in [0.1, 0.15) is 29.7 Å². The lowest BCUT2D eigenvalue weighted by Crippen LogP contribution is -2.32. The Morgan fingerprint density at radius 1 is 1.17 bits per heavy atom. The van der Waals surface area contributed by atoms with Gasteiger partial charge >= 0.3 is 0 Å². The largest absolute Gasteiger partial charge is 0.497 e. The first-order valence-electron chi connectivity index (χ1n) is 9.74. The number of ketones is 1. The van der Waals surface area contributed by atoms with Crippen LogP contribution in [0.4, 0.5) is 0 Å². The molecule has 0 fully saturated rings. The van der Waals surface area contributed by atoms with Gasteiger partial charge in [-0.05, 0) is 42.8 Å². The molecule has 0 saturated heterocycles. The van der Waals surface area contributed by atoms with E-state index in [0.717, 1.165) is 29.2 Å². The summed E-state index contributed by atoms with van der Waals surface area (Å²) in [5.41, 5.74) is 3.58. The molecule has 0 radical (unpaired) electrons. The predicted octanol–water partition coefficient (Wildman–Crippen LogP) is 4.56. The summed E-state index contributed by atoms with van der Waals surface area (Å²) in [7, 11) is 1.66. The molecule has 6 heteroatoms. The van der Waals surface area contributed by atoms with Crippen LogP contribution in [0.15, 0.2) is 58.9 Å². The van der Waals surface area contributed by atoms with Crippen LogP contribution >= 0.6 is 0 Å². The Morgan fingerprint density at radius 2 is 2.00 bits per heavy atom.